The fourth-order valence-electron chi connectivity index (χ4n) is 3.61. The quantitative estimate of drug-likeness (QED) is 0.484. The highest BCUT2D eigenvalue weighted by atomic mass is 15.4. The Morgan fingerprint density at radius 3 is 2.86 bits per heavy atom. The number of aryl methyl sites for hydroxylation is 3. The van der Waals surface area contributed by atoms with E-state index in [1.54, 1.807) is 12.4 Å². The Labute approximate surface area is 168 Å². The molecule has 5 aromatic rings. The molecule has 0 fully saturated rings. The molecule has 7 nitrogen and oxygen atoms in total. The lowest BCUT2D eigenvalue weighted by molar-refractivity contribution is 0.667. The summed E-state index contributed by atoms with van der Waals surface area (Å²) in [5, 5.41) is 5.93. The van der Waals surface area contributed by atoms with Crippen LogP contribution in [0.5, 0.6) is 0 Å². The molecule has 0 atom stereocenters. The Morgan fingerprint density at radius 1 is 1.07 bits per heavy atom. The maximum absolute atomic E-state index is 4.92. The van der Waals surface area contributed by atoms with Crippen molar-refractivity contribution in [2.24, 2.45) is 0 Å². The molecule has 0 aliphatic rings. The summed E-state index contributed by atoms with van der Waals surface area (Å²) in [5.74, 6) is 1.63. The average Bonchev–Trinajstić information content (AvgIpc) is 3.51. The van der Waals surface area contributed by atoms with Crippen LogP contribution in [0.3, 0.4) is 0 Å². The Morgan fingerprint density at radius 2 is 2.00 bits per heavy atom. The van der Waals surface area contributed by atoms with Gasteiger partial charge in [0.1, 0.15) is 5.65 Å². The first-order valence-corrected chi connectivity index (χ1v) is 9.76. The second kappa shape index (κ2) is 7.35. The number of para-hydroxylation sites is 1. The largest absolute Gasteiger partial charge is 0.345 e. The first-order valence-electron chi connectivity index (χ1n) is 9.76. The van der Waals surface area contributed by atoms with Gasteiger partial charge >= 0.3 is 0 Å². The Bertz CT molecular complexity index is 1250. The summed E-state index contributed by atoms with van der Waals surface area (Å²) in [6.45, 7) is 2.94. The van der Waals surface area contributed by atoms with Crippen molar-refractivity contribution >= 4 is 11.0 Å². The summed E-state index contributed by atoms with van der Waals surface area (Å²) in [6.07, 6.45) is 11.0. The fourth-order valence-corrected chi connectivity index (χ4v) is 3.61. The lowest BCUT2D eigenvalue weighted by Gasteiger charge is -2.10. The normalized spacial score (nSPS) is 11.3. The Hall–Kier alpha value is -3.74. The molecular formula is C22H21N7. The highest BCUT2D eigenvalue weighted by Gasteiger charge is 2.18. The number of rotatable bonds is 6. The van der Waals surface area contributed by atoms with Crippen LogP contribution in [0.1, 0.15) is 18.3 Å². The highest BCUT2D eigenvalue weighted by molar-refractivity contribution is 5.91. The Balaban J connectivity index is 1.63. The number of nitrogens with one attached hydrogen (secondary N) is 1. The molecule has 0 amide bonds. The summed E-state index contributed by atoms with van der Waals surface area (Å²) in [6, 6.07) is 12.4. The number of hydrogen-bond acceptors (Lipinski definition) is 4. The van der Waals surface area contributed by atoms with Crippen molar-refractivity contribution in [3.05, 3.63) is 78.9 Å². The smallest absolute Gasteiger partial charge is 0.165 e. The van der Waals surface area contributed by atoms with Crippen molar-refractivity contribution < 1.29 is 0 Å². The molecule has 4 aromatic heterocycles. The zero-order valence-electron chi connectivity index (χ0n) is 16.2. The van der Waals surface area contributed by atoms with E-state index < -0.39 is 0 Å². The average molecular weight is 383 g/mol. The van der Waals surface area contributed by atoms with Crippen molar-refractivity contribution in [3.8, 4) is 17.1 Å². The van der Waals surface area contributed by atoms with Gasteiger partial charge in [0.2, 0.25) is 0 Å². The maximum atomic E-state index is 4.92. The van der Waals surface area contributed by atoms with Gasteiger partial charge in [0.15, 0.2) is 11.6 Å². The summed E-state index contributed by atoms with van der Waals surface area (Å²) in [5.41, 5.74) is 4.14. The number of imidazole rings is 1. The van der Waals surface area contributed by atoms with Crippen LogP contribution >= 0.6 is 0 Å². The Kier molecular flexibility index (Phi) is 4.40. The van der Waals surface area contributed by atoms with Gasteiger partial charge in [-0.25, -0.2) is 19.6 Å². The molecule has 0 aliphatic heterocycles. The molecule has 0 spiro atoms. The van der Waals surface area contributed by atoms with Crippen molar-refractivity contribution in [3.63, 3.8) is 0 Å². The molecule has 144 valence electrons. The lowest BCUT2D eigenvalue weighted by Crippen LogP contribution is -2.04. The molecule has 7 heteroatoms. The molecule has 1 N–H and O–H groups in total. The molecule has 29 heavy (non-hydrogen) atoms. The van der Waals surface area contributed by atoms with Crippen LogP contribution in [0, 0.1) is 0 Å². The molecule has 5 rings (SSSR count). The van der Waals surface area contributed by atoms with Crippen LogP contribution in [0.2, 0.25) is 0 Å². The van der Waals surface area contributed by atoms with E-state index in [-0.39, 0.29) is 0 Å². The number of fused-ring (bicyclic) bond motifs is 1. The number of pyridine rings is 1. The van der Waals surface area contributed by atoms with Gasteiger partial charge in [0.05, 0.1) is 12.0 Å². The minimum absolute atomic E-state index is 0.727. The van der Waals surface area contributed by atoms with Crippen LogP contribution in [-0.2, 0) is 19.4 Å². The van der Waals surface area contributed by atoms with E-state index in [4.69, 9.17) is 10.1 Å². The molecule has 0 saturated carbocycles. The number of H-pyrrole nitrogens is 1. The second-order valence-electron chi connectivity index (χ2n) is 6.90. The number of nitrogens with zero attached hydrogens (tertiary/aromatic N) is 6. The van der Waals surface area contributed by atoms with Crippen molar-refractivity contribution in [2.45, 2.75) is 26.3 Å². The predicted octanol–water partition coefficient (Wildman–Crippen LogP) is 3.81. The number of aromatic amines is 1. The van der Waals surface area contributed by atoms with Crippen LogP contribution in [0.25, 0.3) is 28.1 Å². The van der Waals surface area contributed by atoms with E-state index in [0.717, 1.165) is 53.3 Å². The monoisotopic (exact) mass is 383 g/mol. The van der Waals surface area contributed by atoms with E-state index in [1.165, 1.54) is 5.56 Å². The van der Waals surface area contributed by atoms with E-state index in [2.05, 4.69) is 46.1 Å². The lowest BCUT2D eigenvalue weighted by atomic mass is 10.1. The van der Waals surface area contributed by atoms with Crippen LogP contribution in [-0.4, -0.2) is 34.3 Å². The summed E-state index contributed by atoms with van der Waals surface area (Å²) < 4.78 is 4.01. The van der Waals surface area contributed by atoms with E-state index in [0.29, 0.717) is 0 Å². The number of aromatic nitrogens is 7. The van der Waals surface area contributed by atoms with Crippen LogP contribution < -0.4 is 0 Å². The topological polar surface area (TPSA) is 77.2 Å². The molecular weight excluding hydrogens is 362 g/mol. The second-order valence-corrected chi connectivity index (χ2v) is 6.90. The van der Waals surface area contributed by atoms with E-state index in [1.807, 2.05) is 40.1 Å². The van der Waals surface area contributed by atoms with Gasteiger partial charge in [-0.15, -0.1) is 0 Å². The van der Waals surface area contributed by atoms with Crippen LogP contribution in [0.15, 0.2) is 67.5 Å². The minimum Gasteiger partial charge on any atom is -0.345 e. The van der Waals surface area contributed by atoms with E-state index >= 15 is 0 Å². The third-order valence-electron chi connectivity index (χ3n) is 5.10. The molecule has 0 saturated heterocycles. The van der Waals surface area contributed by atoms with Gasteiger partial charge in [-0.3, -0.25) is 0 Å². The van der Waals surface area contributed by atoms with Gasteiger partial charge in [-0.1, -0.05) is 25.1 Å². The molecule has 0 bridgehead atoms. The molecule has 0 unspecified atom stereocenters. The van der Waals surface area contributed by atoms with Gasteiger partial charge in [-0.2, -0.15) is 5.10 Å². The van der Waals surface area contributed by atoms with Gasteiger partial charge in [-0.05, 0) is 30.2 Å². The van der Waals surface area contributed by atoms with Crippen molar-refractivity contribution in [2.75, 3.05) is 0 Å². The highest BCUT2D eigenvalue weighted by Crippen LogP contribution is 2.29. The third-order valence-corrected chi connectivity index (χ3v) is 5.10. The predicted molar refractivity (Wildman–Crippen MR) is 112 cm³/mol. The molecule has 4 heterocycles. The van der Waals surface area contributed by atoms with Gasteiger partial charge in [0, 0.05) is 48.7 Å². The first kappa shape index (κ1) is 17.4. The summed E-state index contributed by atoms with van der Waals surface area (Å²) in [4.78, 5) is 16.7. The molecule has 0 radical (unpaired) electrons. The van der Waals surface area contributed by atoms with Gasteiger partial charge < -0.3 is 9.55 Å². The number of benzene rings is 1. The standard InChI is InChI=1S/C22H21N7/c1-2-16-6-3-4-8-19(16)29-22(18-14-25-21-17(18)7-5-10-24-21)26-20(27-29)9-12-28-13-11-23-15-28/h3-8,10-11,13-15H,2,9,12H2,1H3,(H,24,25). The van der Waals surface area contributed by atoms with Gasteiger partial charge in [0.25, 0.3) is 0 Å². The maximum Gasteiger partial charge on any atom is 0.165 e. The number of hydrogen-bond donors (Lipinski definition) is 1. The van der Waals surface area contributed by atoms with Crippen molar-refractivity contribution in [1.82, 2.24) is 34.3 Å². The fraction of sp³-hybridized carbons (Fsp3) is 0.182. The van der Waals surface area contributed by atoms with E-state index in [9.17, 15) is 0 Å². The molecule has 0 aliphatic carbocycles. The van der Waals surface area contributed by atoms with Crippen LogP contribution in [0.4, 0.5) is 0 Å². The third kappa shape index (κ3) is 3.20. The zero-order chi connectivity index (χ0) is 19.6. The molecule has 1 aromatic carbocycles. The summed E-state index contributed by atoms with van der Waals surface area (Å²) >= 11 is 0. The SMILES string of the molecule is CCc1ccccc1-n1nc(CCn2ccnc2)nc1-c1c[nH]c2ncccc12. The zero-order valence-corrected chi connectivity index (χ0v) is 16.2. The van der Waals surface area contributed by atoms with Crippen molar-refractivity contribution in [1.29, 1.82) is 0 Å². The first-order chi connectivity index (χ1) is 14.3. The minimum atomic E-state index is 0.727. The summed E-state index contributed by atoms with van der Waals surface area (Å²) in [7, 11) is 0.